The molecule has 0 saturated carbocycles. The van der Waals surface area contributed by atoms with E-state index in [9.17, 15) is 10.2 Å². The summed E-state index contributed by atoms with van der Waals surface area (Å²) in [4.78, 5) is 2.21. The average molecular weight is 284 g/mol. The van der Waals surface area contributed by atoms with Crippen molar-refractivity contribution in [3.63, 3.8) is 0 Å². The molecule has 4 heteroatoms. The Bertz CT molecular complexity index is 413. The van der Waals surface area contributed by atoms with Crippen molar-refractivity contribution in [1.29, 1.82) is 0 Å². The van der Waals surface area contributed by atoms with Gasteiger partial charge in [-0.3, -0.25) is 4.90 Å². The van der Waals surface area contributed by atoms with Crippen LogP contribution in [0.25, 0.3) is 0 Å². The van der Waals surface area contributed by atoms with Crippen LogP contribution in [0.3, 0.4) is 0 Å². The molecular formula is C15H22ClNO2. The highest BCUT2D eigenvalue weighted by molar-refractivity contribution is 6.31. The van der Waals surface area contributed by atoms with Crippen molar-refractivity contribution in [3.8, 4) is 0 Å². The number of likely N-dealkylation sites (tertiary alicyclic amines) is 1. The quantitative estimate of drug-likeness (QED) is 0.893. The van der Waals surface area contributed by atoms with Gasteiger partial charge in [-0.15, -0.1) is 0 Å². The van der Waals surface area contributed by atoms with Crippen LogP contribution in [-0.4, -0.2) is 40.3 Å². The van der Waals surface area contributed by atoms with Gasteiger partial charge < -0.3 is 10.2 Å². The zero-order chi connectivity index (χ0) is 13.8. The standard InChI is InChI=1S/C15H22ClNO2/c1-11-5-4-6-12(10-18)17(11)9-15(19)13-7-2-3-8-14(13)16/h2-3,7-8,11-12,15,18-19H,4-6,9-10H2,1H3. The van der Waals surface area contributed by atoms with E-state index in [0.717, 1.165) is 24.8 Å². The number of aliphatic hydroxyl groups is 2. The molecule has 0 aromatic heterocycles. The first-order chi connectivity index (χ1) is 9.13. The molecule has 1 aliphatic rings. The monoisotopic (exact) mass is 283 g/mol. The zero-order valence-electron chi connectivity index (χ0n) is 11.3. The highest BCUT2D eigenvalue weighted by atomic mass is 35.5. The maximum absolute atomic E-state index is 10.4. The molecule has 19 heavy (non-hydrogen) atoms. The number of nitrogens with zero attached hydrogens (tertiary/aromatic N) is 1. The molecule has 1 fully saturated rings. The molecule has 1 aliphatic heterocycles. The summed E-state index contributed by atoms with van der Waals surface area (Å²) in [6.45, 7) is 2.83. The van der Waals surface area contributed by atoms with E-state index in [-0.39, 0.29) is 12.6 Å². The van der Waals surface area contributed by atoms with Crippen molar-refractivity contribution < 1.29 is 10.2 Å². The van der Waals surface area contributed by atoms with Crippen LogP contribution in [-0.2, 0) is 0 Å². The molecule has 0 amide bonds. The second-order valence-corrected chi connectivity index (χ2v) is 5.76. The van der Waals surface area contributed by atoms with Crippen molar-refractivity contribution in [1.82, 2.24) is 4.90 Å². The minimum atomic E-state index is -0.608. The summed E-state index contributed by atoms with van der Waals surface area (Å²) >= 11 is 6.12. The van der Waals surface area contributed by atoms with Crippen LogP contribution in [0, 0.1) is 0 Å². The van der Waals surface area contributed by atoms with Crippen molar-refractivity contribution in [2.75, 3.05) is 13.2 Å². The first kappa shape index (κ1) is 14.8. The Labute approximate surface area is 119 Å². The minimum Gasteiger partial charge on any atom is -0.395 e. The highest BCUT2D eigenvalue weighted by Gasteiger charge is 2.29. The molecule has 0 radical (unpaired) electrons. The summed E-state index contributed by atoms with van der Waals surface area (Å²) in [5.74, 6) is 0. The fourth-order valence-electron chi connectivity index (χ4n) is 2.91. The number of aliphatic hydroxyl groups excluding tert-OH is 2. The first-order valence-corrected chi connectivity index (χ1v) is 7.30. The SMILES string of the molecule is CC1CCCC(CO)N1CC(O)c1ccccc1Cl. The molecule has 3 unspecified atom stereocenters. The summed E-state index contributed by atoms with van der Waals surface area (Å²) in [5.41, 5.74) is 0.763. The molecular weight excluding hydrogens is 262 g/mol. The lowest BCUT2D eigenvalue weighted by Gasteiger charge is -2.41. The predicted molar refractivity (Wildman–Crippen MR) is 77.3 cm³/mol. The first-order valence-electron chi connectivity index (χ1n) is 6.92. The second kappa shape index (κ2) is 6.71. The Balaban J connectivity index is 2.08. The van der Waals surface area contributed by atoms with E-state index in [1.165, 1.54) is 0 Å². The maximum atomic E-state index is 10.4. The number of β-amino-alcohol motifs (C(OH)–C–C–N with tert-alkyl or cyclic N) is 1. The molecule has 0 spiro atoms. The average Bonchev–Trinajstić information content (AvgIpc) is 2.41. The van der Waals surface area contributed by atoms with Crippen LogP contribution >= 0.6 is 11.6 Å². The number of rotatable bonds is 4. The third-order valence-electron chi connectivity index (χ3n) is 4.05. The van der Waals surface area contributed by atoms with E-state index in [0.29, 0.717) is 17.6 Å². The van der Waals surface area contributed by atoms with Gasteiger partial charge in [0.05, 0.1) is 12.7 Å². The number of hydrogen-bond donors (Lipinski definition) is 2. The molecule has 2 rings (SSSR count). The van der Waals surface area contributed by atoms with Gasteiger partial charge in [0, 0.05) is 29.2 Å². The van der Waals surface area contributed by atoms with Gasteiger partial charge in [0.15, 0.2) is 0 Å². The Kier molecular flexibility index (Phi) is 5.22. The lowest BCUT2D eigenvalue weighted by Crippen LogP contribution is -2.48. The Morgan fingerprint density at radius 2 is 2.11 bits per heavy atom. The van der Waals surface area contributed by atoms with E-state index < -0.39 is 6.10 Å². The number of hydrogen-bond acceptors (Lipinski definition) is 3. The van der Waals surface area contributed by atoms with Gasteiger partial charge in [0.25, 0.3) is 0 Å². The number of benzene rings is 1. The lowest BCUT2D eigenvalue weighted by atomic mass is 9.95. The topological polar surface area (TPSA) is 43.7 Å². The van der Waals surface area contributed by atoms with E-state index in [1.54, 1.807) is 6.07 Å². The van der Waals surface area contributed by atoms with Crippen molar-refractivity contribution >= 4 is 11.6 Å². The van der Waals surface area contributed by atoms with E-state index in [1.807, 2.05) is 18.2 Å². The molecule has 1 saturated heterocycles. The fourth-order valence-corrected chi connectivity index (χ4v) is 3.17. The summed E-state index contributed by atoms with van der Waals surface area (Å²) < 4.78 is 0. The molecule has 106 valence electrons. The van der Waals surface area contributed by atoms with Crippen LogP contribution in [0.2, 0.25) is 5.02 Å². The maximum Gasteiger partial charge on any atom is 0.0931 e. The Morgan fingerprint density at radius 3 is 2.79 bits per heavy atom. The Hall–Kier alpha value is -0.610. The zero-order valence-corrected chi connectivity index (χ0v) is 12.1. The highest BCUT2D eigenvalue weighted by Crippen LogP contribution is 2.28. The molecule has 2 N–H and O–H groups in total. The number of piperidine rings is 1. The van der Waals surface area contributed by atoms with Crippen molar-refractivity contribution in [3.05, 3.63) is 34.9 Å². The molecule has 0 aliphatic carbocycles. The third kappa shape index (κ3) is 3.48. The molecule has 1 aromatic carbocycles. The van der Waals surface area contributed by atoms with Crippen LogP contribution in [0.15, 0.2) is 24.3 Å². The van der Waals surface area contributed by atoms with Crippen molar-refractivity contribution in [2.24, 2.45) is 0 Å². The van der Waals surface area contributed by atoms with Crippen LogP contribution in [0.1, 0.15) is 37.9 Å². The molecule has 1 aromatic rings. The van der Waals surface area contributed by atoms with Gasteiger partial charge in [-0.1, -0.05) is 36.2 Å². The van der Waals surface area contributed by atoms with Gasteiger partial charge in [-0.25, -0.2) is 0 Å². The normalized spacial score (nSPS) is 26.3. The molecule has 1 heterocycles. The van der Waals surface area contributed by atoms with Gasteiger partial charge >= 0.3 is 0 Å². The summed E-state index contributed by atoms with van der Waals surface area (Å²) in [7, 11) is 0. The molecule has 3 nitrogen and oxygen atoms in total. The molecule has 3 atom stereocenters. The largest absolute Gasteiger partial charge is 0.395 e. The van der Waals surface area contributed by atoms with Gasteiger partial charge in [0.1, 0.15) is 0 Å². The smallest absolute Gasteiger partial charge is 0.0931 e. The van der Waals surface area contributed by atoms with Gasteiger partial charge in [0.2, 0.25) is 0 Å². The fraction of sp³-hybridized carbons (Fsp3) is 0.600. The van der Waals surface area contributed by atoms with Crippen molar-refractivity contribution in [2.45, 2.75) is 44.4 Å². The summed E-state index contributed by atoms with van der Waals surface area (Å²) in [6, 6.07) is 7.94. The molecule has 0 bridgehead atoms. The summed E-state index contributed by atoms with van der Waals surface area (Å²) in [6.07, 6.45) is 2.65. The minimum absolute atomic E-state index is 0.152. The lowest BCUT2D eigenvalue weighted by molar-refractivity contribution is 0.0118. The van der Waals surface area contributed by atoms with E-state index in [4.69, 9.17) is 11.6 Å². The van der Waals surface area contributed by atoms with Crippen LogP contribution in [0.4, 0.5) is 0 Å². The van der Waals surface area contributed by atoms with Crippen LogP contribution in [0.5, 0.6) is 0 Å². The predicted octanol–water partition coefficient (Wildman–Crippen LogP) is 2.61. The van der Waals surface area contributed by atoms with Gasteiger partial charge in [-0.05, 0) is 25.8 Å². The number of halogens is 1. The van der Waals surface area contributed by atoms with Crippen LogP contribution < -0.4 is 0 Å². The van der Waals surface area contributed by atoms with E-state index in [2.05, 4.69) is 11.8 Å². The second-order valence-electron chi connectivity index (χ2n) is 5.35. The summed E-state index contributed by atoms with van der Waals surface area (Å²) in [5, 5.41) is 20.4. The van der Waals surface area contributed by atoms with Gasteiger partial charge in [-0.2, -0.15) is 0 Å². The Morgan fingerprint density at radius 1 is 1.37 bits per heavy atom. The third-order valence-corrected chi connectivity index (χ3v) is 4.40. The van der Waals surface area contributed by atoms with E-state index >= 15 is 0 Å².